The zero-order valence-electron chi connectivity index (χ0n) is 15.6. The van der Waals surface area contributed by atoms with Gasteiger partial charge in [-0.15, -0.1) is 0 Å². The van der Waals surface area contributed by atoms with E-state index in [1.54, 1.807) is 18.0 Å². The average Bonchev–Trinajstić information content (AvgIpc) is 3.38. The second-order valence-electron chi connectivity index (χ2n) is 6.81. The molecule has 1 saturated heterocycles. The predicted octanol–water partition coefficient (Wildman–Crippen LogP) is 3.01. The molecule has 1 aliphatic heterocycles. The van der Waals surface area contributed by atoms with E-state index in [2.05, 4.69) is 11.7 Å². The molecule has 1 atom stereocenters. The Balaban J connectivity index is 1.80. The molecule has 1 aliphatic rings. The van der Waals surface area contributed by atoms with Gasteiger partial charge in [0.05, 0.1) is 12.3 Å². The monoisotopic (exact) mass is 367 g/mol. The van der Waals surface area contributed by atoms with Crippen LogP contribution in [0.3, 0.4) is 0 Å². The maximum absolute atomic E-state index is 12.3. The van der Waals surface area contributed by atoms with E-state index in [0.29, 0.717) is 12.0 Å². The second kappa shape index (κ2) is 8.77. The van der Waals surface area contributed by atoms with Gasteiger partial charge in [0.15, 0.2) is 0 Å². The summed E-state index contributed by atoms with van der Waals surface area (Å²) in [6.45, 7) is 5.68. The van der Waals surface area contributed by atoms with Crippen molar-refractivity contribution >= 4 is 12.2 Å². The molecule has 0 radical (unpaired) electrons. The summed E-state index contributed by atoms with van der Waals surface area (Å²) < 4.78 is 7.28. The highest BCUT2D eigenvalue weighted by Crippen LogP contribution is 2.32. The Kier molecular flexibility index (Phi) is 6.19. The molecule has 6 nitrogen and oxygen atoms in total. The summed E-state index contributed by atoms with van der Waals surface area (Å²) in [5, 5.41) is 4.36. The third-order valence-corrected chi connectivity index (χ3v) is 4.91. The van der Waals surface area contributed by atoms with Gasteiger partial charge in [0, 0.05) is 38.4 Å². The zero-order chi connectivity index (χ0) is 19.2. The first-order valence-corrected chi connectivity index (χ1v) is 9.17. The van der Waals surface area contributed by atoms with Crippen molar-refractivity contribution in [3.63, 3.8) is 0 Å². The number of rotatable bonds is 8. The summed E-state index contributed by atoms with van der Waals surface area (Å²) in [6, 6.07) is 7.87. The second-order valence-corrected chi connectivity index (χ2v) is 6.81. The summed E-state index contributed by atoms with van der Waals surface area (Å²) in [4.78, 5) is 25.2. The molecule has 27 heavy (non-hydrogen) atoms. The van der Waals surface area contributed by atoms with Gasteiger partial charge in [0.1, 0.15) is 12.8 Å². The maximum atomic E-state index is 12.3. The van der Waals surface area contributed by atoms with Gasteiger partial charge in [-0.05, 0) is 29.5 Å². The minimum absolute atomic E-state index is 0.104. The Hall–Kier alpha value is -2.73. The average molecular weight is 367 g/mol. The lowest BCUT2D eigenvalue weighted by atomic mass is 9.95. The van der Waals surface area contributed by atoms with E-state index in [9.17, 15) is 9.59 Å². The first-order chi connectivity index (χ1) is 13.1. The maximum Gasteiger partial charge on any atom is 0.244 e. The van der Waals surface area contributed by atoms with Gasteiger partial charge < -0.3 is 9.64 Å². The van der Waals surface area contributed by atoms with Crippen LogP contribution in [0.1, 0.15) is 30.9 Å². The summed E-state index contributed by atoms with van der Waals surface area (Å²) in [7, 11) is 1.62. The number of amides is 1. The van der Waals surface area contributed by atoms with Crippen molar-refractivity contribution in [1.29, 1.82) is 0 Å². The Morgan fingerprint density at radius 3 is 2.78 bits per heavy atom. The van der Waals surface area contributed by atoms with Crippen molar-refractivity contribution in [2.75, 3.05) is 20.2 Å². The van der Waals surface area contributed by atoms with Crippen LogP contribution in [0.2, 0.25) is 0 Å². The molecule has 3 rings (SSSR count). The van der Waals surface area contributed by atoms with Gasteiger partial charge >= 0.3 is 0 Å². The van der Waals surface area contributed by atoms with Crippen LogP contribution in [0.25, 0.3) is 11.1 Å². The number of carbonyl (C=O) groups is 2. The van der Waals surface area contributed by atoms with Gasteiger partial charge in [0.25, 0.3) is 0 Å². The highest BCUT2D eigenvalue weighted by Gasteiger charge is 2.20. The number of benzene rings is 1. The van der Waals surface area contributed by atoms with E-state index in [-0.39, 0.29) is 18.6 Å². The third kappa shape index (κ3) is 4.52. The normalized spacial score (nSPS) is 14.9. The lowest BCUT2D eigenvalue weighted by Crippen LogP contribution is -2.31. The first-order valence-electron chi connectivity index (χ1n) is 9.17. The third-order valence-electron chi connectivity index (χ3n) is 4.91. The minimum atomic E-state index is -0.270. The smallest absolute Gasteiger partial charge is 0.244 e. The van der Waals surface area contributed by atoms with Crippen LogP contribution < -0.4 is 0 Å². The highest BCUT2D eigenvalue weighted by molar-refractivity contribution is 5.76. The molecule has 1 unspecified atom stereocenters. The van der Waals surface area contributed by atoms with Gasteiger partial charge in [-0.1, -0.05) is 30.8 Å². The largest absolute Gasteiger partial charge is 0.376 e. The number of hydrogen-bond donors (Lipinski definition) is 0. The standard InChI is InChI=1S/C21H25N3O3/c1-16(15-25)11-20(27-2)19-8-4-3-7-18(19)17-12-22-24(13-17)14-21(26)23-9-5-6-10-23/h3-4,7-8,12-13,15,20H,1,5-6,9-11,14H2,2H3. The number of aromatic nitrogens is 2. The van der Waals surface area contributed by atoms with Crippen LogP contribution in [0.5, 0.6) is 0 Å². The molecule has 0 saturated carbocycles. The van der Waals surface area contributed by atoms with Gasteiger partial charge in [-0.3, -0.25) is 14.3 Å². The van der Waals surface area contributed by atoms with Gasteiger partial charge in [0.2, 0.25) is 5.91 Å². The molecule has 0 aliphatic carbocycles. The molecular formula is C21H25N3O3. The van der Waals surface area contributed by atoms with Crippen molar-refractivity contribution in [3.05, 3.63) is 54.4 Å². The summed E-state index contributed by atoms with van der Waals surface area (Å²) >= 11 is 0. The fraction of sp³-hybridized carbons (Fsp3) is 0.381. The van der Waals surface area contributed by atoms with Gasteiger partial charge in [-0.2, -0.15) is 5.10 Å². The van der Waals surface area contributed by atoms with Crippen molar-refractivity contribution < 1.29 is 14.3 Å². The van der Waals surface area contributed by atoms with Crippen LogP contribution in [-0.2, 0) is 20.9 Å². The SMILES string of the molecule is C=C(C=O)CC(OC)c1ccccc1-c1cnn(CC(=O)N2CCCC2)c1. The molecule has 1 fully saturated rings. The van der Waals surface area contributed by atoms with E-state index in [4.69, 9.17) is 4.74 Å². The van der Waals surface area contributed by atoms with E-state index < -0.39 is 0 Å². The predicted molar refractivity (Wildman–Crippen MR) is 103 cm³/mol. The molecule has 6 heteroatoms. The molecular weight excluding hydrogens is 342 g/mol. The molecule has 0 bridgehead atoms. The van der Waals surface area contributed by atoms with E-state index in [1.165, 1.54) is 0 Å². The van der Waals surface area contributed by atoms with E-state index in [1.807, 2.05) is 35.4 Å². The Labute approximate surface area is 159 Å². The van der Waals surface area contributed by atoms with Crippen LogP contribution in [0.4, 0.5) is 0 Å². The number of nitrogens with zero attached hydrogens (tertiary/aromatic N) is 3. The van der Waals surface area contributed by atoms with E-state index in [0.717, 1.165) is 48.9 Å². The van der Waals surface area contributed by atoms with Crippen LogP contribution in [0, 0.1) is 0 Å². The minimum Gasteiger partial charge on any atom is -0.376 e. The Bertz CT molecular complexity index is 822. The topological polar surface area (TPSA) is 64.4 Å². The van der Waals surface area contributed by atoms with Crippen LogP contribution >= 0.6 is 0 Å². The molecule has 2 heterocycles. The first kappa shape index (κ1) is 19.0. The molecule has 1 aromatic carbocycles. The van der Waals surface area contributed by atoms with Crippen LogP contribution in [0.15, 0.2) is 48.8 Å². The zero-order valence-corrected chi connectivity index (χ0v) is 15.6. The summed E-state index contributed by atoms with van der Waals surface area (Å²) in [5.41, 5.74) is 3.35. The van der Waals surface area contributed by atoms with Crippen molar-refractivity contribution in [3.8, 4) is 11.1 Å². The molecule has 1 amide bonds. The summed E-state index contributed by atoms with van der Waals surface area (Å²) in [5.74, 6) is 0.104. The lowest BCUT2D eigenvalue weighted by molar-refractivity contribution is -0.130. The molecule has 1 aromatic heterocycles. The van der Waals surface area contributed by atoms with Crippen molar-refractivity contribution in [1.82, 2.24) is 14.7 Å². The summed E-state index contributed by atoms with van der Waals surface area (Å²) in [6.07, 6.45) is 6.72. The fourth-order valence-electron chi connectivity index (χ4n) is 3.44. The van der Waals surface area contributed by atoms with E-state index >= 15 is 0 Å². The fourth-order valence-corrected chi connectivity index (χ4v) is 3.44. The Morgan fingerprint density at radius 2 is 2.07 bits per heavy atom. The molecule has 0 spiro atoms. The van der Waals surface area contributed by atoms with Gasteiger partial charge in [-0.25, -0.2) is 0 Å². The number of aldehydes is 1. The van der Waals surface area contributed by atoms with Crippen molar-refractivity contribution in [2.24, 2.45) is 0 Å². The highest BCUT2D eigenvalue weighted by atomic mass is 16.5. The molecule has 2 aromatic rings. The number of hydrogen-bond acceptors (Lipinski definition) is 4. The number of methoxy groups -OCH3 is 1. The number of likely N-dealkylation sites (tertiary alicyclic amines) is 1. The van der Waals surface area contributed by atoms with Crippen molar-refractivity contribution in [2.45, 2.75) is 31.9 Å². The molecule has 142 valence electrons. The number of carbonyl (C=O) groups excluding carboxylic acids is 2. The lowest BCUT2D eigenvalue weighted by Gasteiger charge is -2.18. The van der Waals surface area contributed by atoms with Crippen LogP contribution in [-0.4, -0.2) is 47.1 Å². The Morgan fingerprint density at radius 1 is 1.33 bits per heavy atom. The quantitative estimate of drug-likeness (QED) is 0.531. The number of ether oxygens (including phenoxy) is 1. The molecule has 0 N–H and O–H groups in total.